The third-order valence-corrected chi connectivity index (χ3v) is 5.55. The molecule has 2 aromatic carbocycles. The van der Waals surface area contributed by atoms with Crippen molar-refractivity contribution in [3.63, 3.8) is 0 Å². The monoisotopic (exact) mass is 356 g/mol. The molecule has 136 valence electrons. The van der Waals surface area contributed by atoms with E-state index in [0.717, 1.165) is 25.7 Å². The van der Waals surface area contributed by atoms with Gasteiger partial charge in [-0.2, -0.15) is 4.39 Å². The number of hydrogen-bond acceptors (Lipinski definition) is 2. The molecule has 0 aliphatic heterocycles. The number of hydrogen-bond donors (Lipinski definition) is 0. The van der Waals surface area contributed by atoms with Crippen LogP contribution in [-0.2, 0) is 0 Å². The summed E-state index contributed by atoms with van der Waals surface area (Å²) in [7, 11) is 0. The lowest BCUT2D eigenvalue weighted by molar-refractivity contribution is 0.189. The van der Waals surface area contributed by atoms with Gasteiger partial charge in [-0.05, 0) is 62.1 Å². The Balaban J connectivity index is 1.59. The zero-order valence-corrected chi connectivity index (χ0v) is 14.9. The first-order chi connectivity index (χ1) is 12.6. The summed E-state index contributed by atoms with van der Waals surface area (Å²) >= 11 is 0. The van der Waals surface area contributed by atoms with Crippen molar-refractivity contribution in [1.82, 2.24) is 0 Å². The molecule has 1 heterocycles. The quantitative estimate of drug-likeness (QED) is 0.495. The minimum absolute atomic E-state index is 0.0531. The second kappa shape index (κ2) is 6.75. The summed E-state index contributed by atoms with van der Waals surface area (Å²) < 4.78 is 40.4. The minimum atomic E-state index is -0.560. The third-order valence-electron chi connectivity index (χ3n) is 5.55. The summed E-state index contributed by atoms with van der Waals surface area (Å²) in [6.45, 7) is 6.00. The molecule has 0 saturated heterocycles. The summed E-state index contributed by atoms with van der Waals surface area (Å²) in [5.74, 6) is 0.180. The van der Waals surface area contributed by atoms with Gasteiger partial charge in [0.15, 0.2) is 22.7 Å². The van der Waals surface area contributed by atoms with Gasteiger partial charge in [0.2, 0.25) is 5.82 Å². The Morgan fingerprint density at radius 3 is 2.38 bits per heavy atom. The number of halogens is 2. The molecule has 1 aliphatic rings. The second-order valence-electron chi connectivity index (χ2n) is 7.26. The van der Waals surface area contributed by atoms with Crippen molar-refractivity contribution in [2.45, 2.75) is 32.6 Å². The molecule has 0 spiro atoms. The van der Waals surface area contributed by atoms with E-state index in [1.807, 2.05) is 6.08 Å². The second-order valence-corrected chi connectivity index (χ2v) is 7.26. The standard InChI is InChI=1S/C22H22F2O2/c1-3-14-5-7-15(8-6-14)12-25-18-11-10-17-16-9-4-13(2)19(23)21(16)26-22(17)20(18)24/h3-4,9-11,14-15H,1,5-8,12H2,2H3. The van der Waals surface area contributed by atoms with Crippen molar-refractivity contribution < 1.29 is 17.9 Å². The van der Waals surface area contributed by atoms with Gasteiger partial charge in [0.25, 0.3) is 0 Å². The Morgan fingerprint density at radius 1 is 1.04 bits per heavy atom. The van der Waals surface area contributed by atoms with Gasteiger partial charge in [0, 0.05) is 10.8 Å². The first-order valence-electron chi connectivity index (χ1n) is 9.13. The molecule has 0 radical (unpaired) electrons. The highest BCUT2D eigenvalue weighted by atomic mass is 19.1. The van der Waals surface area contributed by atoms with E-state index in [-0.39, 0.29) is 16.9 Å². The molecular formula is C22H22F2O2. The predicted molar refractivity (Wildman–Crippen MR) is 99.5 cm³/mol. The Morgan fingerprint density at radius 2 is 1.69 bits per heavy atom. The lowest BCUT2D eigenvalue weighted by atomic mass is 9.82. The zero-order chi connectivity index (χ0) is 18.3. The highest BCUT2D eigenvalue weighted by Gasteiger charge is 2.22. The van der Waals surface area contributed by atoms with Gasteiger partial charge in [0.05, 0.1) is 6.61 Å². The van der Waals surface area contributed by atoms with E-state index in [1.54, 1.807) is 31.2 Å². The maximum absolute atomic E-state index is 14.9. The number of rotatable bonds is 4. The molecular weight excluding hydrogens is 334 g/mol. The summed E-state index contributed by atoms with van der Waals surface area (Å²) in [6, 6.07) is 6.79. The number of benzene rings is 2. The fourth-order valence-electron chi connectivity index (χ4n) is 3.83. The fraction of sp³-hybridized carbons (Fsp3) is 0.364. The number of allylic oxidation sites excluding steroid dienone is 1. The van der Waals surface area contributed by atoms with Gasteiger partial charge in [-0.3, -0.25) is 0 Å². The van der Waals surface area contributed by atoms with Gasteiger partial charge >= 0.3 is 0 Å². The molecule has 4 rings (SSSR count). The molecule has 0 unspecified atom stereocenters. The van der Waals surface area contributed by atoms with Gasteiger partial charge in [0.1, 0.15) is 0 Å². The maximum Gasteiger partial charge on any atom is 0.208 e. The van der Waals surface area contributed by atoms with Gasteiger partial charge in [-0.15, -0.1) is 6.58 Å². The summed E-state index contributed by atoms with van der Waals surface area (Å²) in [5.41, 5.74) is 0.625. The zero-order valence-electron chi connectivity index (χ0n) is 14.9. The van der Waals surface area contributed by atoms with Crippen LogP contribution in [0, 0.1) is 30.4 Å². The van der Waals surface area contributed by atoms with Crippen LogP contribution in [0.3, 0.4) is 0 Å². The van der Waals surface area contributed by atoms with Gasteiger partial charge in [-0.25, -0.2) is 4.39 Å². The lowest BCUT2D eigenvalue weighted by Crippen LogP contribution is -2.19. The normalized spacial score (nSPS) is 20.6. The smallest absolute Gasteiger partial charge is 0.208 e. The summed E-state index contributed by atoms with van der Waals surface area (Å²) in [5, 5.41) is 1.14. The van der Waals surface area contributed by atoms with Crippen LogP contribution in [0.2, 0.25) is 0 Å². The van der Waals surface area contributed by atoms with Crippen LogP contribution in [0.1, 0.15) is 31.2 Å². The minimum Gasteiger partial charge on any atom is -0.490 e. The van der Waals surface area contributed by atoms with Crippen LogP contribution in [0.15, 0.2) is 41.3 Å². The molecule has 1 aromatic heterocycles. The fourth-order valence-corrected chi connectivity index (χ4v) is 3.83. The Labute approximate surface area is 151 Å². The molecule has 3 aromatic rings. The number of furan rings is 1. The number of fused-ring (bicyclic) bond motifs is 3. The molecule has 26 heavy (non-hydrogen) atoms. The van der Waals surface area contributed by atoms with E-state index in [4.69, 9.17) is 9.15 Å². The van der Waals surface area contributed by atoms with Crippen molar-refractivity contribution in [2.24, 2.45) is 11.8 Å². The first-order valence-corrected chi connectivity index (χ1v) is 9.13. The molecule has 0 bridgehead atoms. The van der Waals surface area contributed by atoms with Crippen LogP contribution in [0.4, 0.5) is 8.78 Å². The predicted octanol–water partition coefficient (Wildman–Crippen LogP) is 6.54. The molecule has 0 atom stereocenters. The van der Waals surface area contributed by atoms with Crippen molar-refractivity contribution in [2.75, 3.05) is 6.61 Å². The third kappa shape index (κ3) is 2.87. The van der Waals surface area contributed by atoms with E-state index in [9.17, 15) is 8.78 Å². The van der Waals surface area contributed by atoms with Crippen LogP contribution >= 0.6 is 0 Å². The largest absolute Gasteiger partial charge is 0.490 e. The number of ether oxygens (including phenoxy) is 1. The molecule has 2 nitrogen and oxygen atoms in total. The maximum atomic E-state index is 14.9. The van der Waals surface area contributed by atoms with Crippen LogP contribution in [0.25, 0.3) is 21.9 Å². The Bertz CT molecular complexity index is 965. The van der Waals surface area contributed by atoms with E-state index in [0.29, 0.717) is 34.8 Å². The SMILES string of the molecule is C=CC1CCC(COc2ccc3c(oc4c(F)c(C)ccc43)c2F)CC1. The Hall–Kier alpha value is -2.36. The highest BCUT2D eigenvalue weighted by Crippen LogP contribution is 2.37. The molecule has 4 heteroatoms. The van der Waals surface area contributed by atoms with Crippen molar-refractivity contribution in [3.8, 4) is 5.75 Å². The lowest BCUT2D eigenvalue weighted by Gasteiger charge is -2.26. The van der Waals surface area contributed by atoms with Crippen molar-refractivity contribution in [1.29, 1.82) is 0 Å². The summed E-state index contributed by atoms with van der Waals surface area (Å²) in [4.78, 5) is 0. The van der Waals surface area contributed by atoms with E-state index in [1.165, 1.54) is 0 Å². The summed E-state index contributed by atoms with van der Waals surface area (Å²) in [6.07, 6.45) is 6.38. The average Bonchev–Trinajstić information content (AvgIpc) is 3.05. The van der Waals surface area contributed by atoms with Gasteiger partial charge in [-0.1, -0.05) is 18.2 Å². The number of aryl methyl sites for hydroxylation is 1. The molecule has 0 amide bonds. The van der Waals surface area contributed by atoms with Crippen LogP contribution in [-0.4, -0.2) is 6.61 Å². The average molecular weight is 356 g/mol. The topological polar surface area (TPSA) is 22.4 Å². The Kier molecular flexibility index (Phi) is 4.43. The first kappa shape index (κ1) is 17.1. The highest BCUT2D eigenvalue weighted by molar-refractivity contribution is 6.05. The van der Waals surface area contributed by atoms with E-state index < -0.39 is 11.6 Å². The van der Waals surface area contributed by atoms with Gasteiger partial charge < -0.3 is 9.15 Å². The molecule has 0 N–H and O–H groups in total. The van der Waals surface area contributed by atoms with Crippen molar-refractivity contribution >= 4 is 21.9 Å². The molecule has 1 aliphatic carbocycles. The van der Waals surface area contributed by atoms with Crippen molar-refractivity contribution in [3.05, 3.63) is 54.1 Å². The van der Waals surface area contributed by atoms with E-state index in [2.05, 4.69) is 6.58 Å². The van der Waals surface area contributed by atoms with Crippen LogP contribution in [0.5, 0.6) is 5.75 Å². The molecule has 1 fully saturated rings. The van der Waals surface area contributed by atoms with E-state index >= 15 is 0 Å². The molecule has 1 saturated carbocycles. The van der Waals surface area contributed by atoms with Crippen LogP contribution < -0.4 is 4.74 Å².